The summed E-state index contributed by atoms with van der Waals surface area (Å²) in [6.45, 7) is 1.91. The van der Waals surface area contributed by atoms with Gasteiger partial charge in [0.25, 0.3) is 5.69 Å². The molecule has 0 radical (unpaired) electrons. The number of rotatable bonds is 4. The van der Waals surface area contributed by atoms with Gasteiger partial charge in [0.05, 0.1) is 16.2 Å². The summed E-state index contributed by atoms with van der Waals surface area (Å²) in [5.41, 5.74) is 1.88. The fourth-order valence-corrected chi connectivity index (χ4v) is 2.17. The van der Waals surface area contributed by atoms with Gasteiger partial charge in [0.1, 0.15) is 0 Å². The van der Waals surface area contributed by atoms with E-state index in [4.69, 9.17) is 0 Å². The van der Waals surface area contributed by atoms with Gasteiger partial charge >= 0.3 is 5.97 Å². The van der Waals surface area contributed by atoms with Crippen LogP contribution in [0.2, 0.25) is 0 Å². The van der Waals surface area contributed by atoms with Crippen LogP contribution in [0, 0.1) is 17.0 Å². The first kappa shape index (κ1) is 14.5. The van der Waals surface area contributed by atoms with Gasteiger partial charge in [-0.05, 0) is 24.6 Å². The van der Waals surface area contributed by atoms with Gasteiger partial charge in [-0.1, -0.05) is 18.2 Å². The van der Waals surface area contributed by atoms with E-state index in [1.807, 2.05) is 31.2 Å². The van der Waals surface area contributed by atoms with Gasteiger partial charge < -0.3 is 10.0 Å². The number of para-hydroxylation sites is 1. The summed E-state index contributed by atoms with van der Waals surface area (Å²) in [5.74, 6) is -1.20. The number of non-ortho nitro benzene ring substituents is 1. The van der Waals surface area contributed by atoms with Crippen molar-refractivity contribution in [2.24, 2.45) is 0 Å². The number of hydrogen-bond donors (Lipinski definition) is 1. The van der Waals surface area contributed by atoms with E-state index in [2.05, 4.69) is 0 Å². The van der Waals surface area contributed by atoms with Crippen molar-refractivity contribution in [3.63, 3.8) is 0 Å². The lowest BCUT2D eigenvalue weighted by Gasteiger charge is -2.23. The lowest BCUT2D eigenvalue weighted by atomic mass is 10.1. The first-order valence-electron chi connectivity index (χ1n) is 6.23. The van der Waals surface area contributed by atoms with Crippen LogP contribution in [0.1, 0.15) is 15.9 Å². The number of carboxylic acid groups (broad SMARTS) is 1. The summed E-state index contributed by atoms with van der Waals surface area (Å²) in [4.78, 5) is 23.3. The normalized spacial score (nSPS) is 10.2. The Balaban J connectivity index is 2.55. The summed E-state index contributed by atoms with van der Waals surface area (Å²) >= 11 is 0. The molecule has 0 aliphatic carbocycles. The van der Waals surface area contributed by atoms with Gasteiger partial charge in [-0.3, -0.25) is 10.1 Å². The van der Waals surface area contributed by atoms with E-state index in [9.17, 15) is 20.0 Å². The molecule has 0 aromatic heterocycles. The Kier molecular flexibility index (Phi) is 3.89. The van der Waals surface area contributed by atoms with Crippen LogP contribution in [0.3, 0.4) is 0 Å². The van der Waals surface area contributed by atoms with Gasteiger partial charge in [-0.2, -0.15) is 0 Å². The molecule has 2 rings (SSSR count). The molecule has 0 heterocycles. The molecular weight excluding hydrogens is 272 g/mol. The molecule has 21 heavy (non-hydrogen) atoms. The third-order valence-corrected chi connectivity index (χ3v) is 3.26. The predicted molar refractivity (Wildman–Crippen MR) is 79.3 cm³/mol. The van der Waals surface area contributed by atoms with Gasteiger partial charge in [0.2, 0.25) is 0 Å². The molecule has 0 saturated carbocycles. The van der Waals surface area contributed by atoms with Crippen LogP contribution < -0.4 is 4.90 Å². The van der Waals surface area contributed by atoms with E-state index in [1.165, 1.54) is 12.1 Å². The highest BCUT2D eigenvalue weighted by molar-refractivity contribution is 5.96. The summed E-state index contributed by atoms with van der Waals surface area (Å²) in [6, 6.07) is 11.3. The second-order valence-electron chi connectivity index (χ2n) is 4.61. The second-order valence-corrected chi connectivity index (χ2v) is 4.61. The summed E-state index contributed by atoms with van der Waals surface area (Å²) in [5, 5.41) is 20.1. The monoisotopic (exact) mass is 286 g/mol. The topological polar surface area (TPSA) is 83.7 Å². The maximum atomic E-state index is 11.4. The fourth-order valence-electron chi connectivity index (χ4n) is 2.17. The van der Waals surface area contributed by atoms with Crippen molar-refractivity contribution < 1.29 is 14.8 Å². The van der Waals surface area contributed by atoms with Crippen molar-refractivity contribution in [3.8, 4) is 0 Å². The third kappa shape index (κ3) is 2.84. The minimum Gasteiger partial charge on any atom is -0.478 e. The predicted octanol–water partition coefficient (Wildman–Crippen LogP) is 3.37. The molecule has 0 spiro atoms. The molecule has 2 aromatic rings. The standard InChI is InChI=1S/C15H14N2O4/c1-10-5-3-4-6-13(10)16(2)14-8-7-11(17(20)21)9-12(14)15(18)19/h3-9H,1-2H3,(H,18,19). The average molecular weight is 286 g/mol. The molecule has 0 bridgehead atoms. The van der Waals surface area contributed by atoms with Crippen molar-refractivity contribution in [2.45, 2.75) is 6.92 Å². The maximum Gasteiger partial charge on any atom is 0.338 e. The van der Waals surface area contributed by atoms with Crippen LogP contribution in [0.15, 0.2) is 42.5 Å². The molecule has 0 unspecified atom stereocenters. The number of carboxylic acids is 1. The van der Waals surface area contributed by atoms with Gasteiger partial charge in [-0.15, -0.1) is 0 Å². The highest BCUT2D eigenvalue weighted by atomic mass is 16.6. The highest BCUT2D eigenvalue weighted by Crippen LogP contribution is 2.31. The van der Waals surface area contributed by atoms with Crippen LogP contribution in [-0.4, -0.2) is 23.0 Å². The molecule has 0 amide bonds. The third-order valence-electron chi connectivity index (χ3n) is 3.26. The zero-order valence-corrected chi connectivity index (χ0v) is 11.6. The number of anilines is 2. The van der Waals surface area contributed by atoms with Crippen molar-refractivity contribution in [2.75, 3.05) is 11.9 Å². The van der Waals surface area contributed by atoms with E-state index in [0.29, 0.717) is 5.69 Å². The molecule has 108 valence electrons. The van der Waals surface area contributed by atoms with Crippen LogP contribution >= 0.6 is 0 Å². The molecule has 0 aliphatic rings. The van der Waals surface area contributed by atoms with Crippen LogP contribution in [0.25, 0.3) is 0 Å². The number of nitro benzene ring substituents is 1. The van der Waals surface area contributed by atoms with Crippen molar-refractivity contribution in [1.29, 1.82) is 0 Å². The van der Waals surface area contributed by atoms with E-state index >= 15 is 0 Å². The zero-order valence-electron chi connectivity index (χ0n) is 11.6. The minimum atomic E-state index is -1.20. The first-order valence-corrected chi connectivity index (χ1v) is 6.23. The van der Waals surface area contributed by atoms with Gasteiger partial charge in [0.15, 0.2) is 0 Å². The van der Waals surface area contributed by atoms with E-state index < -0.39 is 10.9 Å². The Bertz CT molecular complexity index is 713. The number of hydrogen-bond acceptors (Lipinski definition) is 4. The molecule has 6 nitrogen and oxygen atoms in total. The van der Waals surface area contributed by atoms with E-state index in [0.717, 1.165) is 17.3 Å². The number of nitro groups is 1. The Labute approximate surface area is 121 Å². The number of nitrogens with zero attached hydrogens (tertiary/aromatic N) is 2. The lowest BCUT2D eigenvalue weighted by molar-refractivity contribution is -0.384. The number of carbonyl (C=O) groups is 1. The molecule has 6 heteroatoms. The quantitative estimate of drug-likeness (QED) is 0.688. The summed E-state index contributed by atoms with van der Waals surface area (Å²) in [6.07, 6.45) is 0. The number of benzene rings is 2. The van der Waals surface area contributed by atoms with E-state index in [1.54, 1.807) is 11.9 Å². The summed E-state index contributed by atoms with van der Waals surface area (Å²) in [7, 11) is 1.73. The minimum absolute atomic E-state index is 0.102. The molecule has 0 saturated heterocycles. The Morgan fingerprint density at radius 3 is 2.43 bits per heavy atom. The second kappa shape index (κ2) is 5.62. The molecular formula is C15H14N2O4. The molecule has 0 fully saturated rings. The molecule has 0 atom stereocenters. The van der Waals surface area contributed by atoms with Gasteiger partial charge in [0, 0.05) is 24.9 Å². The zero-order chi connectivity index (χ0) is 15.6. The lowest BCUT2D eigenvalue weighted by Crippen LogP contribution is -2.15. The SMILES string of the molecule is Cc1ccccc1N(C)c1ccc([N+](=O)[O-])cc1C(=O)O. The first-order chi connectivity index (χ1) is 9.91. The van der Waals surface area contributed by atoms with Crippen LogP contribution in [0.5, 0.6) is 0 Å². The van der Waals surface area contributed by atoms with Crippen molar-refractivity contribution in [3.05, 3.63) is 63.7 Å². The largest absolute Gasteiger partial charge is 0.478 e. The van der Waals surface area contributed by atoms with Crippen LogP contribution in [0.4, 0.5) is 17.1 Å². The Morgan fingerprint density at radius 1 is 1.19 bits per heavy atom. The van der Waals surface area contributed by atoms with Crippen molar-refractivity contribution in [1.82, 2.24) is 0 Å². The highest BCUT2D eigenvalue weighted by Gasteiger charge is 2.19. The maximum absolute atomic E-state index is 11.4. The number of aromatic carboxylic acids is 1. The fraction of sp³-hybridized carbons (Fsp3) is 0.133. The molecule has 2 aromatic carbocycles. The van der Waals surface area contributed by atoms with Crippen LogP contribution in [-0.2, 0) is 0 Å². The van der Waals surface area contributed by atoms with E-state index in [-0.39, 0.29) is 11.3 Å². The Hall–Kier alpha value is -2.89. The van der Waals surface area contributed by atoms with Crippen molar-refractivity contribution >= 4 is 23.0 Å². The number of aryl methyl sites for hydroxylation is 1. The Morgan fingerprint density at radius 2 is 1.86 bits per heavy atom. The van der Waals surface area contributed by atoms with Gasteiger partial charge in [-0.25, -0.2) is 4.79 Å². The molecule has 0 aliphatic heterocycles. The summed E-state index contributed by atoms with van der Waals surface area (Å²) < 4.78 is 0. The average Bonchev–Trinajstić information content (AvgIpc) is 2.46. The smallest absolute Gasteiger partial charge is 0.338 e. The molecule has 1 N–H and O–H groups in total.